The molecule has 0 radical (unpaired) electrons. The van der Waals surface area contributed by atoms with Gasteiger partial charge in [-0.05, 0) is 43.6 Å². The maximum Gasteiger partial charge on any atom is 0.172 e. The second-order valence-electron chi connectivity index (χ2n) is 4.91. The van der Waals surface area contributed by atoms with Crippen LogP contribution in [0.2, 0.25) is 0 Å². The van der Waals surface area contributed by atoms with Crippen LogP contribution in [0, 0.1) is 5.41 Å². The third kappa shape index (κ3) is 1.48. The zero-order chi connectivity index (χ0) is 10.3. The van der Waals surface area contributed by atoms with Gasteiger partial charge in [0.1, 0.15) is 0 Å². The SMILES string of the molecule is CC1=C2CCCC[C@@]2(C)C[C@H](Br)C1=O. The maximum absolute atomic E-state index is 11.8. The molecule has 2 rings (SSSR count). The predicted octanol–water partition coefficient (Wildman–Crippen LogP) is 3.62. The highest BCUT2D eigenvalue weighted by atomic mass is 79.9. The molecule has 0 amide bonds. The van der Waals surface area contributed by atoms with Crippen molar-refractivity contribution < 1.29 is 4.79 Å². The van der Waals surface area contributed by atoms with Gasteiger partial charge in [-0.15, -0.1) is 0 Å². The van der Waals surface area contributed by atoms with Crippen molar-refractivity contribution in [3.8, 4) is 0 Å². The fraction of sp³-hybridized carbons (Fsp3) is 0.750. The highest BCUT2D eigenvalue weighted by molar-refractivity contribution is 9.10. The van der Waals surface area contributed by atoms with Crippen LogP contribution in [-0.4, -0.2) is 10.6 Å². The fourth-order valence-electron chi connectivity index (χ4n) is 3.01. The lowest BCUT2D eigenvalue weighted by atomic mass is 9.64. The molecular formula is C12H17BrO. The van der Waals surface area contributed by atoms with E-state index in [1.165, 1.54) is 24.8 Å². The first-order valence-corrected chi connectivity index (χ1v) is 6.35. The van der Waals surface area contributed by atoms with E-state index in [0.717, 1.165) is 18.4 Å². The molecule has 1 nitrogen and oxygen atoms in total. The lowest BCUT2D eigenvalue weighted by molar-refractivity contribution is -0.116. The van der Waals surface area contributed by atoms with E-state index >= 15 is 0 Å². The molecule has 1 fully saturated rings. The molecule has 0 spiro atoms. The van der Waals surface area contributed by atoms with Gasteiger partial charge in [-0.1, -0.05) is 34.8 Å². The summed E-state index contributed by atoms with van der Waals surface area (Å²) in [5, 5.41) is 0. The highest BCUT2D eigenvalue weighted by Gasteiger charge is 2.41. The van der Waals surface area contributed by atoms with Gasteiger partial charge in [-0.3, -0.25) is 4.79 Å². The van der Waals surface area contributed by atoms with Crippen molar-refractivity contribution in [2.75, 3.05) is 0 Å². The second-order valence-corrected chi connectivity index (χ2v) is 6.01. The molecule has 1 saturated carbocycles. The summed E-state index contributed by atoms with van der Waals surface area (Å²) < 4.78 is 0. The van der Waals surface area contributed by atoms with Gasteiger partial charge in [0.2, 0.25) is 0 Å². The number of carbonyl (C=O) groups excluding carboxylic acids is 1. The minimum atomic E-state index is 0.0642. The van der Waals surface area contributed by atoms with E-state index < -0.39 is 0 Å². The number of carbonyl (C=O) groups is 1. The van der Waals surface area contributed by atoms with Gasteiger partial charge < -0.3 is 0 Å². The van der Waals surface area contributed by atoms with Crippen LogP contribution in [0.4, 0.5) is 0 Å². The molecule has 2 aliphatic rings. The Morgan fingerprint density at radius 2 is 2.14 bits per heavy atom. The van der Waals surface area contributed by atoms with Crippen molar-refractivity contribution in [1.82, 2.24) is 0 Å². The van der Waals surface area contributed by atoms with E-state index in [4.69, 9.17) is 0 Å². The first-order valence-electron chi connectivity index (χ1n) is 5.43. The Labute approximate surface area is 94.1 Å². The number of ketones is 1. The van der Waals surface area contributed by atoms with Gasteiger partial charge >= 0.3 is 0 Å². The van der Waals surface area contributed by atoms with Crippen molar-refractivity contribution in [2.24, 2.45) is 5.41 Å². The normalized spacial score (nSPS) is 38.5. The number of hydrogen-bond acceptors (Lipinski definition) is 1. The van der Waals surface area contributed by atoms with E-state index in [1.54, 1.807) is 0 Å². The molecule has 0 bridgehead atoms. The Balaban J connectivity index is 2.43. The molecule has 0 saturated heterocycles. The third-order valence-corrected chi connectivity index (χ3v) is 4.61. The largest absolute Gasteiger partial charge is 0.293 e. The van der Waals surface area contributed by atoms with Crippen LogP contribution in [0.1, 0.15) is 46.0 Å². The molecule has 0 N–H and O–H groups in total. The summed E-state index contributed by atoms with van der Waals surface area (Å²) in [4.78, 5) is 11.9. The molecule has 0 aromatic rings. The Morgan fingerprint density at radius 3 is 2.86 bits per heavy atom. The van der Waals surface area contributed by atoms with Crippen LogP contribution in [0.25, 0.3) is 0 Å². The minimum absolute atomic E-state index is 0.0642. The standard InChI is InChI=1S/C12H17BrO/c1-8-9-5-3-4-6-12(9,2)7-10(13)11(8)14/h10H,3-7H2,1-2H3/t10-,12-/m0/s1. The van der Waals surface area contributed by atoms with Gasteiger partial charge in [0.05, 0.1) is 4.83 Å². The Kier molecular flexibility index (Phi) is 2.59. The van der Waals surface area contributed by atoms with Crippen LogP contribution in [0.5, 0.6) is 0 Å². The summed E-state index contributed by atoms with van der Waals surface area (Å²) in [7, 11) is 0. The van der Waals surface area contributed by atoms with Crippen molar-refractivity contribution in [3.05, 3.63) is 11.1 Å². The number of Topliss-reactive ketones (excluding diaryl/α,β-unsaturated/α-hetero) is 1. The van der Waals surface area contributed by atoms with Crippen LogP contribution in [0.3, 0.4) is 0 Å². The zero-order valence-electron chi connectivity index (χ0n) is 8.90. The quantitative estimate of drug-likeness (QED) is 0.606. The average Bonchev–Trinajstić information content (AvgIpc) is 2.14. The van der Waals surface area contributed by atoms with E-state index in [2.05, 4.69) is 22.9 Å². The van der Waals surface area contributed by atoms with Crippen LogP contribution in [-0.2, 0) is 4.79 Å². The van der Waals surface area contributed by atoms with Crippen LogP contribution in [0.15, 0.2) is 11.1 Å². The summed E-state index contributed by atoms with van der Waals surface area (Å²) in [6.45, 7) is 4.33. The zero-order valence-corrected chi connectivity index (χ0v) is 10.5. The van der Waals surface area contributed by atoms with E-state index in [9.17, 15) is 4.79 Å². The van der Waals surface area contributed by atoms with Crippen molar-refractivity contribution >= 4 is 21.7 Å². The number of alkyl halides is 1. The maximum atomic E-state index is 11.8. The Hall–Kier alpha value is -0.110. The number of fused-ring (bicyclic) bond motifs is 1. The Morgan fingerprint density at radius 1 is 1.43 bits per heavy atom. The first kappa shape index (κ1) is 10.4. The summed E-state index contributed by atoms with van der Waals surface area (Å²) in [5.41, 5.74) is 2.80. The molecule has 78 valence electrons. The van der Waals surface area contributed by atoms with Crippen molar-refractivity contribution in [3.63, 3.8) is 0 Å². The fourth-order valence-corrected chi connectivity index (χ4v) is 4.06. The van der Waals surface area contributed by atoms with Gasteiger partial charge in [-0.2, -0.15) is 0 Å². The van der Waals surface area contributed by atoms with Crippen LogP contribution >= 0.6 is 15.9 Å². The van der Waals surface area contributed by atoms with Gasteiger partial charge in [-0.25, -0.2) is 0 Å². The molecule has 0 aromatic carbocycles. The average molecular weight is 257 g/mol. The number of halogens is 1. The van der Waals surface area contributed by atoms with Gasteiger partial charge in [0.15, 0.2) is 5.78 Å². The lowest BCUT2D eigenvalue weighted by Gasteiger charge is -2.42. The highest BCUT2D eigenvalue weighted by Crippen LogP contribution is 2.49. The first-order chi connectivity index (χ1) is 6.54. The van der Waals surface area contributed by atoms with Gasteiger partial charge in [0.25, 0.3) is 0 Å². The number of hydrogen-bond donors (Lipinski definition) is 0. The second kappa shape index (κ2) is 3.48. The predicted molar refractivity (Wildman–Crippen MR) is 61.6 cm³/mol. The van der Waals surface area contributed by atoms with Crippen LogP contribution < -0.4 is 0 Å². The van der Waals surface area contributed by atoms with Gasteiger partial charge in [0, 0.05) is 0 Å². The molecule has 0 unspecified atom stereocenters. The summed E-state index contributed by atoms with van der Waals surface area (Å²) in [5.74, 6) is 0.319. The molecular weight excluding hydrogens is 240 g/mol. The molecule has 2 heteroatoms. The lowest BCUT2D eigenvalue weighted by Crippen LogP contribution is -2.36. The summed E-state index contributed by atoms with van der Waals surface area (Å²) in [6, 6.07) is 0. The van der Waals surface area contributed by atoms with E-state index in [1.807, 2.05) is 6.92 Å². The smallest absolute Gasteiger partial charge is 0.172 e. The molecule has 0 aliphatic heterocycles. The topological polar surface area (TPSA) is 17.1 Å². The third-order valence-electron chi connectivity index (χ3n) is 3.87. The monoisotopic (exact) mass is 256 g/mol. The summed E-state index contributed by atoms with van der Waals surface area (Å²) in [6.07, 6.45) is 5.99. The molecule has 0 aromatic heterocycles. The molecule has 14 heavy (non-hydrogen) atoms. The molecule has 2 atom stereocenters. The van der Waals surface area contributed by atoms with Crippen molar-refractivity contribution in [1.29, 1.82) is 0 Å². The number of rotatable bonds is 0. The van der Waals surface area contributed by atoms with E-state index in [0.29, 0.717) is 11.2 Å². The minimum Gasteiger partial charge on any atom is -0.293 e. The summed E-state index contributed by atoms with van der Waals surface area (Å²) >= 11 is 3.51. The molecule has 2 aliphatic carbocycles. The van der Waals surface area contributed by atoms with Crippen molar-refractivity contribution in [2.45, 2.75) is 50.8 Å². The Bertz CT molecular complexity index is 305. The van der Waals surface area contributed by atoms with E-state index in [-0.39, 0.29) is 4.83 Å². The number of allylic oxidation sites excluding steroid dienone is 2. The molecule has 0 heterocycles.